The number of halogens is 1. The van der Waals surface area contributed by atoms with Crippen LogP contribution in [-0.2, 0) is 10.0 Å². The Balaban J connectivity index is 1.50. The molecule has 1 aliphatic rings. The number of piperidine rings is 1. The quantitative estimate of drug-likeness (QED) is 0.799. The van der Waals surface area contributed by atoms with Crippen LogP contribution in [0.2, 0.25) is 0 Å². The Morgan fingerprint density at radius 1 is 0.962 bits per heavy atom. The summed E-state index contributed by atoms with van der Waals surface area (Å²) in [6.45, 7) is 2.09. The summed E-state index contributed by atoms with van der Waals surface area (Å²) in [7, 11) is -3.51. The van der Waals surface area contributed by atoms with Crippen molar-refractivity contribution in [1.29, 1.82) is 0 Å². The number of nitrogens with one attached hydrogen (secondary N) is 1. The van der Waals surface area contributed by atoms with E-state index in [1.54, 1.807) is 12.1 Å². The van der Waals surface area contributed by atoms with Crippen LogP contribution >= 0.6 is 0 Å². The molecule has 2 aromatic carbocycles. The molecule has 1 N–H and O–H groups in total. The minimum Gasteiger partial charge on any atom is -0.492 e. The Morgan fingerprint density at radius 3 is 2.27 bits per heavy atom. The van der Waals surface area contributed by atoms with Crippen LogP contribution in [0.15, 0.2) is 48.5 Å². The third-order valence-electron chi connectivity index (χ3n) is 4.30. The average molecular weight is 378 g/mol. The van der Waals surface area contributed by atoms with Crippen molar-refractivity contribution in [1.82, 2.24) is 0 Å². The van der Waals surface area contributed by atoms with Crippen molar-refractivity contribution < 1.29 is 17.5 Å². The topological polar surface area (TPSA) is 58.6 Å². The van der Waals surface area contributed by atoms with Gasteiger partial charge in [-0.1, -0.05) is 0 Å². The minimum atomic E-state index is -3.51. The van der Waals surface area contributed by atoms with E-state index in [-0.39, 0.29) is 18.2 Å². The molecule has 0 spiro atoms. The van der Waals surface area contributed by atoms with Gasteiger partial charge < -0.3 is 9.64 Å². The Hall–Kier alpha value is -2.28. The van der Waals surface area contributed by atoms with Gasteiger partial charge >= 0.3 is 0 Å². The van der Waals surface area contributed by atoms with Crippen LogP contribution in [0, 0.1) is 5.82 Å². The second-order valence-corrected chi connectivity index (χ2v) is 8.16. The zero-order valence-electron chi connectivity index (χ0n) is 14.5. The van der Waals surface area contributed by atoms with E-state index in [2.05, 4.69) is 9.62 Å². The van der Waals surface area contributed by atoms with Crippen molar-refractivity contribution in [2.75, 3.05) is 35.1 Å². The van der Waals surface area contributed by atoms with E-state index in [1.165, 1.54) is 43.5 Å². The molecule has 2 aromatic rings. The average Bonchev–Trinajstić information content (AvgIpc) is 2.64. The third kappa shape index (κ3) is 5.36. The van der Waals surface area contributed by atoms with Gasteiger partial charge in [0.05, 0.1) is 0 Å². The summed E-state index contributed by atoms with van der Waals surface area (Å²) in [5, 5.41) is 0. The van der Waals surface area contributed by atoms with E-state index >= 15 is 0 Å². The summed E-state index contributed by atoms with van der Waals surface area (Å²) in [5.74, 6) is -0.106. The number of hydrogen-bond donors (Lipinski definition) is 1. The lowest BCUT2D eigenvalue weighted by Crippen LogP contribution is -2.29. The number of hydrogen-bond acceptors (Lipinski definition) is 4. The van der Waals surface area contributed by atoms with Crippen molar-refractivity contribution in [3.63, 3.8) is 0 Å². The highest BCUT2D eigenvalue weighted by molar-refractivity contribution is 7.92. The Bertz CT molecular complexity index is 802. The van der Waals surface area contributed by atoms with Gasteiger partial charge in [-0.05, 0) is 67.8 Å². The molecule has 0 atom stereocenters. The van der Waals surface area contributed by atoms with Crippen molar-refractivity contribution in [2.45, 2.75) is 19.3 Å². The molecule has 0 saturated carbocycles. The molecule has 0 radical (unpaired) electrons. The summed E-state index contributed by atoms with van der Waals surface area (Å²) in [6.07, 6.45) is 3.67. The van der Waals surface area contributed by atoms with E-state index in [0.717, 1.165) is 18.8 Å². The van der Waals surface area contributed by atoms with Crippen molar-refractivity contribution in [3.8, 4) is 5.75 Å². The maximum absolute atomic E-state index is 12.8. The van der Waals surface area contributed by atoms with Gasteiger partial charge in [0.2, 0.25) is 10.0 Å². The van der Waals surface area contributed by atoms with Crippen molar-refractivity contribution >= 4 is 21.4 Å². The maximum Gasteiger partial charge on any atom is 0.236 e. The molecular weight excluding hydrogens is 355 g/mol. The van der Waals surface area contributed by atoms with Gasteiger partial charge in [0, 0.05) is 24.5 Å². The smallest absolute Gasteiger partial charge is 0.236 e. The van der Waals surface area contributed by atoms with Crippen LogP contribution in [-0.4, -0.2) is 33.9 Å². The predicted octanol–water partition coefficient (Wildman–Crippen LogP) is 3.64. The molecule has 3 rings (SSSR count). The molecule has 1 heterocycles. The van der Waals surface area contributed by atoms with E-state index < -0.39 is 10.0 Å². The molecule has 1 aliphatic heterocycles. The SMILES string of the molecule is O=S(=O)(CCOc1ccc(F)cc1)Nc1ccc(N2CCCCC2)cc1. The fraction of sp³-hybridized carbons (Fsp3) is 0.368. The number of ether oxygens (including phenoxy) is 1. The molecule has 0 amide bonds. The lowest BCUT2D eigenvalue weighted by atomic mass is 10.1. The fourth-order valence-electron chi connectivity index (χ4n) is 2.92. The molecule has 1 fully saturated rings. The summed E-state index contributed by atoms with van der Waals surface area (Å²) in [4.78, 5) is 2.32. The second kappa shape index (κ2) is 8.40. The standard InChI is InChI=1S/C19H23FN2O3S/c20-16-4-10-19(11-5-16)25-14-15-26(23,24)21-17-6-8-18(9-7-17)22-12-2-1-3-13-22/h4-11,21H,1-3,12-15H2. The second-order valence-electron chi connectivity index (χ2n) is 6.32. The highest BCUT2D eigenvalue weighted by Crippen LogP contribution is 2.22. The number of rotatable bonds is 7. The van der Waals surface area contributed by atoms with E-state index in [9.17, 15) is 12.8 Å². The van der Waals surface area contributed by atoms with E-state index in [1.807, 2.05) is 12.1 Å². The van der Waals surface area contributed by atoms with Gasteiger partial charge in [0.25, 0.3) is 0 Å². The monoisotopic (exact) mass is 378 g/mol. The summed E-state index contributed by atoms with van der Waals surface area (Å²) >= 11 is 0. The lowest BCUT2D eigenvalue weighted by molar-refractivity contribution is 0.340. The van der Waals surface area contributed by atoms with Gasteiger partial charge in [-0.2, -0.15) is 0 Å². The summed E-state index contributed by atoms with van der Waals surface area (Å²) in [5.41, 5.74) is 1.65. The normalized spacial score (nSPS) is 14.9. The van der Waals surface area contributed by atoms with Crippen LogP contribution in [0.3, 0.4) is 0 Å². The molecule has 0 bridgehead atoms. The number of benzene rings is 2. The van der Waals surface area contributed by atoms with Crippen LogP contribution in [0.5, 0.6) is 5.75 Å². The van der Waals surface area contributed by atoms with Gasteiger partial charge in [-0.3, -0.25) is 4.72 Å². The van der Waals surface area contributed by atoms with Gasteiger partial charge in [0.15, 0.2) is 0 Å². The van der Waals surface area contributed by atoms with Crippen molar-refractivity contribution in [3.05, 3.63) is 54.3 Å². The molecule has 7 heteroatoms. The fourth-order valence-corrected chi connectivity index (χ4v) is 3.82. The molecule has 0 unspecified atom stereocenters. The van der Waals surface area contributed by atoms with Gasteiger partial charge in [-0.25, -0.2) is 12.8 Å². The van der Waals surface area contributed by atoms with Crippen LogP contribution in [0.1, 0.15) is 19.3 Å². The number of nitrogens with zero attached hydrogens (tertiary/aromatic N) is 1. The lowest BCUT2D eigenvalue weighted by Gasteiger charge is -2.28. The first kappa shape index (κ1) is 18.5. The van der Waals surface area contributed by atoms with Gasteiger partial charge in [0.1, 0.15) is 23.9 Å². The molecule has 0 aliphatic carbocycles. The number of anilines is 2. The molecular formula is C19H23FN2O3S. The Labute approximate surface area is 153 Å². The minimum absolute atomic E-state index is 0.00712. The highest BCUT2D eigenvalue weighted by Gasteiger charge is 2.13. The molecule has 0 aromatic heterocycles. The maximum atomic E-state index is 12.8. The zero-order valence-corrected chi connectivity index (χ0v) is 15.3. The highest BCUT2D eigenvalue weighted by atomic mass is 32.2. The number of sulfonamides is 1. The van der Waals surface area contributed by atoms with Gasteiger partial charge in [-0.15, -0.1) is 0 Å². The molecule has 140 valence electrons. The molecule has 26 heavy (non-hydrogen) atoms. The van der Waals surface area contributed by atoms with E-state index in [0.29, 0.717) is 11.4 Å². The summed E-state index contributed by atoms with van der Waals surface area (Å²) < 4.78 is 45.1. The van der Waals surface area contributed by atoms with Crippen LogP contribution in [0.25, 0.3) is 0 Å². The Morgan fingerprint density at radius 2 is 1.62 bits per heavy atom. The predicted molar refractivity (Wildman–Crippen MR) is 102 cm³/mol. The third-order valence-corrected chi connectivity index (χ3v) is 5.55. The first-order valence-electron chi connectivity index (χ1n) is 8.76. The largest absolute Gasteiger partial charge is 0.492 e. The Kier molecular flexibility index (Phi) is 5.98. The summed E-state index contributed by atoms with van der Waals surface area (Å²) in [6, 6.07) is 12.9. The van der Waals surface area contributed by atoms with Crippen molar-refractivity contribution in [2.24, 2.45) is 0 Å². The first-order chi connectivity index (χ1) is 12.5. The van der Waals surface area contributed by atoms with Crippen LogP contribution in [0.4, 0.5) is 15.8 Å². The zero-order chi connectivity index (χ0) is 18.4. The molecule has 5 nitrogen and oxygen atoms in total. The molecule has 1 saturated heterocycles. The first-order valence-corrected chi connectivity index (χ1v) is 10.4. The van der Waals surface area contributed by atoms with Crippen LogP contribution < -0.4 is 14.4 Å². The van der Waals surface area contributed by atoms with E-state index in [4.69, 9.17) is 4.74 Å².